The van der Waals surface area contributed by atoms with Crippen molar-refractivity contribution in [3.8, 4) is 5.75 Å². The van der Waals surface area contributed by atoms with Gasteiger partial charge in [-0.3, -0.25) is 0 Å². The van der Waals surface area contributed by atoms with Gasteiger partial charge in [0.1, 0.15) is 5.75 Å². The molecule has 1 aliphatic rings. The topological polar surface area (TPSA) is 53.6 Å². The molecule has 0 aliphatic carbocycles. The highest BCUT2D eigenvalue weighted by Gasteiger charge is 2.15. The van der Waals surface area contributed by atoms with Crippen LogP contribution in [0.1, 0.15) is 45.1 Å². The third-order valence-electron chi connectivity index (χ3n) is 5.22. The van der Waals surface area contributed by atoms with E-state index in [2.05, 4.69) is 41.5 Å². The molecule has 1 heterocycles. The SMILES string of the molecule is COc1ccc(CCC(C)NC(=O)NCCCN2CCC(C)CC2)cc1. The lowest BCUT2D eigenvalue weighted by atomic mass is 9.99. The van der Waals surface area contributed by atoms with Gasteiger partial charge in [-0.2, -0.15) is 0 Å². The maximum absolute atomic E-state index is 12.0. The van der Waals surface area contributed by atoms with Crippen LogP contribution in [0.4, 0.5) is 4.79 Å². The van der Waals surface area contributed by atoms with Crippen molar-refractivity contribution in [2.75, 3.05) is 33.3 Å². The number of urea groups is 1. The molecule has 2 N–H and O–H groups in total. The van der Waals surface area contributed by atoms with E-state index in [4.69, 9.17) is 4.74 Å². The molecule has 1 fully saturated rings. The highest BCUT2D eigenvalue weighted by atomic mass is 16.5. The van der Waals surface area contributed by atoms with Crippen LogP contribution >= 0.6 is 0 Å². The zero-order valence-electron chi connectivity index (χ0n) is 16.6. The molecule has 1 aromatic carbocycles. The lowest BCUT2D eigenvalue weighted by molar-refractivity contribution is 0.190. The largest absolute Gasteiger partial charge is 0.497 e. The second-order valence-corrected chi connectivity index (χ2v) is 7.57. The van der Waals surface area contributed by atoms with Crippen LogP contribution in [0.15, 0.2) is 24.3 Å². The predicted molar refractivity (Wildman–Crippen MR) is 107 cm³/mol. The summed E-state index contributed by atoms with van der Waals surface area (Å²) in [4.78, 5) is 14.5. The molecule has 0 spiro atoms. The van der Waals surface area contributed by atoms with Crippen LogP contribution < -0.4 is 15.4 Å². The normalized spacial score (nSPS) is 16.9. The summed E-state index contributed by atoms with van der Waals surface area (Å²) in [6.45, 7) is 8.62. The minimum absolute atomic E-state index is 0.0560. The second-order valence-electron chi connectivity index (χ2n) is 7.57. The Balaban J connectivity index is 1.53. The lowest BCUT2D eigenvalue weighted by Crippen LogP contribution is -2.42. The summed E-state index contributed by atoms with van der Waals surface area (Å²) in [5.74, 6) is 1.74. The molecule has 5 nitrogen and oxygen atoms in total. The number of carbonyl (C=O) groups is 1. The number of rotatable bonds is 9. The lowest BCUT2D eigenvalue weighted by Gasteiger charge is -2.30. The van der Waals surface area contributed by atoms with Gasteiger partial charge < -0.3 is 20.3 Å². The first-order chi connectivity index (χ1) is 12.6. The fourth-order valence-electron chi connectivity index (χ4n) is 3.31. The highest BCUT2D eigenvalue weighted by molar-refractivity contribution is 5.74. The third kappa shape index (κ3) is 7.65. The fourth-order valence-corrected chi connectivity index (χ4v) is 3.31. The van der Waals surface area contributed by atoms with Crippen LogP contribution in [0.3, 0.4) is 0 Å². The van der Waals surface area contributed by atoms with Gasteiger partial charge in [-0.15, -0.1) is 0 Å². The summed E-state index contributed by atoms with van der Waals surface area (Å²) in [6.07, 6.45) is 5.49. The number of hydrogen-bond donors (Lipinski definition) is 2. The standard InChI is InChI=1S/C21H35N3O2/c1-17-11-15-24(16-12-17)14-4-13-22-21(25)23-18(2)5-6-19-7-9-20(26-3)10-8-19/h7-10,17-18H,4-6,11-16H2,1-3H3,(H2,22,23,25). The Labute approximate surface area is 158 Å². The number of carbonyl (C=O) groups excluding carboxylic acids is 1. The molecule has 1 atom stereocenters. The van der Waals surface area contributed by atoms with Gasteiger partial charge in [0.2, 0.25) is 0 Å². The Kier molecular flexibility index (Phi) is 8.75. The highest BCUT2D eigenvalue weighted by Crippen LogP contribution is 2.15. The van der Waals surface area contributed by atoms with Gasteiger partial charge in [-0.25, -0.2) is 4.79 Å². The van der Waals surface area contributed by atoms with E-state index in [0.717, 1.165) is 44.0 Å². The minimum atomic E-state index is -0.0560. The molecular weight excluding hydrogens is 326 g/mol. The summed E-state index contributed by atoms with van der Waals surface area (Å²) in [7, 11) is 1.67. The molecule has 0 bridgehead atoms. The molecule has 0 aromatic heterocycles. The van der Waals surface area contributed by atoms with E-state index in [-0.39, 0.29) is 12.1 Å². The molecule has 2 rings (SSSR count). The summed E-state index contributed by atoms with van der Waals surface area (Å²) in [5, 5.41) is 6.01. The van der Waals surface area contributed by atoms with Crippen molar-refractivity contribution in [2.45, 2.75) is 52.0 Å². The van der Waals surface area contributed by atoms with Crippen LogP contribution in [0.5, 0.6) is 5.75 Å². The van der Waals surface area contributed by atoms with Crippen molar-refractivity contribution < 1.29 is 9.53 Å². The number of nitrogens with one attached hydrogen (secondary N) is 2. The fraction of sp³-hybridized carbons (Fsp3) is 0.667. The second kappa shape index (κ2) is 11.1. The Bertz CT molecular complexity index is 525. The molecule has 146 valence electrons. The predicted octanol–water partition coefficient (Wildman–Crippen LogP) is 3.44. The van der Waals surface area contributed by atoms with Gasteiger partial charge >= 0.3 is 6.03 Å². The number of amides is 2. The zero-order valence-corrected chi connectivity index (χ0v) is 16.6. The number of benzene rings is 1. The molecule has 1 unspecified atom stereocenters. The zero-order chi connectivity index (χ0) is 18.8. The van der Waals surface area contributed by atoms with Gasteiger partial charge in [-0.1, -0.05) is 19.1 Å². The van der Waals surface area contributed by atoms with Crippen molar-refractivity contribution in [2.24, 2.45) is 5.92 Å². The van der Waals surface area contributed by atoms with Gasteiger partial charge in [-0.05, 0) is 82.3 Å². The molecule has 2 amide bonds. The van der Waals surface area contributed by atoms with Crippen molar-refractivity contribution in [1.82, 2.24) is 15.5 Å². The average Bonchev–Trinajstić information content (AvgIpc) is 2.65. The van der Waals surface area contributed by atoms with Crippen LogP contribution in [0, 0.1) is 5.92 Å². The van der Waals surface area contributed by atoms with E-state index < -0.39 is 0 Å². The number of aryl methyl sites for hydroxylation is 1. The van der Waals surface area contributed by atoms with Crippen molar-refractivity contribution in [3.05, 3.63) is 29.8 Å². The van der Waals surface area contributed by atoms with E-state index in [9.17, 15) is 4.79 Å². The molecule has 1 aliphatic heterocycles. The number of likely N-dealkylation sites (tertiary alicyclic amines) is 1. The Hall–Kier alpha value is -1.75. The summed E-state index contributed by atoms with van der Waals surface area (Å²) >= 11 is 0. The maximum Gasteiger partial charge on any atom is 0.314 e. The number of methoxy groups -OCH3 is 1. The van der Waals surface area contributed by atoms with Crippen molar-refractivity contribution in [1.29, 1.82) is 0 Å². The molecule has 1 saturated heterocycles. The van der Waals surface area contributed by atoms with Crippen LogP contribution in [0.2, 0.25) is 0 Å². The third-order valence-corrected chi connectivity index (χ3v) is 5.22. The van der Waals surface area contributed by atoms with Gasteiger partial charge in [0.05, 0.1) is 7.11 Å². The number of piperidine rings is 1. The van der Waals surface area contributed by atoms with Crippen molar-refractivity contribution in [3.63, 3.8) is 0 Å². The smallest absolute Gasteiger partial charge is 0.314 e. The number of hydrogen-bond acceptors (Lipinski definition) is 3. The van der Waals surface area contributed by atoms with E-state index >= 15 is 0 Å². The van der Waals surface area contributed by atoms with Crippen molar-refractivity contribution >= 4 is 6.03 Å². The first kappa shape index (κ1) is 20.6. The van der Waals surface area contributed by atoms with Crippen LogP contribution in [-0.2, 0) is 6.42 Å². The van der Waals surface area contributed by atoms with Crippen LogP contribution in [-0.4, -0.2) is 50.3 Å². The van der Waals surface area contributed by atoms with E-state index in [1.54, 1.807) is 7.11 Å². The van der Waals surface area contributed by atoms with Crippen LogP contribution in [0.25, 0.3) is 0 Å². The molecule has 0 radical (unpaired) electrons. The average molecular weight is 362 g/mol. The number of nitrogens with zero attached hydrogens (tertiary/aromatic N) is 1. The molecule has 26 heavy (non-hydrogen) atoms. The van der Waals surface area contributed by atoms with E-state index in [0.29, 0.717) is 0 Å². The first-order valence-corrected chi connectivity index (χ1v) is 9.96. The maximum atomic E-state index is 12.0. The summed E-state index contributed by atoms with van der Waals surface area (Å²) in [5.41, 5.74) is 1.26. The molecule has 0 saturated carbocycles. The quantitative estimate of drug-likeness (QED) is 0.663. The van der Waals surface area contributed by atoms with E-state index in [1.165, 1.54) is 31.5 Å². The summed E-state index contributed by atoms with van der Waals surface area (Å²) < 4.78 is 5.17. The van der Waals surface area contributed by atoms with E-state index in [1.807, 2.05) is 12.1 Å². The Morgan fingerprint density at radius 2 is 1.96 bits per heavy atom. The van der Waals surface area contributed by atoms with Gasteiger partial charge in [0, 0.05) is 12.6 Å². The monoisotopic (exact) mass is 361 g/mol. The Morgan fingerprint density at radius 1 is 1.27 bits per heavy atom. The molecule has 5 heteroatoms. The molecule has 1 aromatic rings. The first-order valence-electron chi connectivity index (χ1n) is 9.96. The number of ether oxygens (including phenoxy) is 1. The Morgan fingerprint density at radius 3 is 2.62 bits per heavy atom. The minimum Gasteiger partial charge on any atom is -0.497 e. The molecular formula is C21H35N3O2. The summed E-state index contributed by atoms with van der Waals surface area (Å²) in [6, 6.07) is 8.20. The van der Waals surface area contributed by atoms with Gasteiger partial charge in [0.25, 0.3) is 0 Å². The van der Waals surface area contributed by atoms with Gasteiger partial charge in [0.15, 0.2) is 0 Å².